The molecule has 4 rings (SSSR count). The van der Waals surface area contributed by atoms with E-state index in [1.165, 1.54) is 4.68 Å². The van der Waals surface area contributed by atoms with Crippen LogP contribution < -0.4 is 10.1 Å². The number of aryl methyl sites for hydroxylation is 1. The van der Waals surface area contributed by atoms with E-state index in [9.17, 15) is 4.79 Å². The Morgan fingerprint density at radius 3 is 2.58 bits per heavy atom. The smallest absolute Gasteiger partial charge is 0.276 e. The Labute approximate surface area is 188 Å². The highest BCUT2D eigenvalue weighted by molar-refractivity contribution is 6.37. The van der Waals surface area contributed by atoms with E-state index in [0.717, 1.165) is 12.1 Å². The maximum atomic E-state index is 12.5. The number of ether oxygens (including phenoxy) is 1. The fourth-order valence-electron chi connectivity index (χ4n) is 2.86. The van der Waals surface area contributed by atoms with Crippen LogP contribution in [0.1, 0.15) is 23.0 Å². The van der Waals surface area contributed by atoms with Crippen LogP contribution in [0.15, 0.2) is 55.2 Å². The number of anilines is 1. The molecule has 9 nitrogen and oxygen atoms in total. The van der Waals surface area contributed by atoms with Crippen molar-refractivity contribution in [3.05, 3.63) is 76.6 Å². The van der Waals surface area contributed by atoms with Gasteiger partial charge in [0.25, 0.3) is 5.91 Å². The van der Waals surface area contributed by atoms with E-state index < -0.39 is 0 Å². The van der Waals surface area contributed by atoms with Gasteiger partial charge in [-0.3, -0.25) is 14.2 Å². The SMILES string of the molecule is CCn1cc(Cn2cc(NC(=O)c3ccn(COc4c(Cl)cccc4Cl)n3)cn2)cn1. The lowest BCUT2D eigenvalue weighted by Crippen LogP contribution is -2.14. The first-order valence-corrected chi connectivity index (χ1v) is 10.2. The fraction of sp³-hybridized carbons (Fsp3) is 0.200. The van der Waals surface area contributed by atoms with Crippen LogP contribution in [0.3, 0.4) is 0 Å². The van der Waals surface area contributed by atoms with Gasteiger partial charge < -0.3 is 10.1 Å². The van der Waals surface area contributed by atoms with Crippen molar-refractivity contribution in [3.63, 3.8) is 0 Å². The highest BCUT2D eigenvalue weighted by atomic mass is 35.5. The zero-order valence-corrected chi connectivity index (χ0v) is 18.1. The lowest BCUT2D eigenvalue weighted by atomic mass is 10.3. The Balaban J connectivity index is 1.34. The number of carbonyl (C=O) groups excluding carboxylic acids is 1. The predicted octanol–water partition coefficient (Wildman–Crippen LogP) is 3.94. The van der Waals surface area contributed by atoms with Gasteiger partial charge in [-0.05, 0) is 25.1 Å². The predicted molar refractivity (Wildman–Crippen MR) is 117 cm³/mol. The molecule has 0 fully saturated rings. The van der Waals surface area contributed by atoms with E-state index in [1.54, 1.807) is 53.7 Å². The molecule has 0 saturated carbocycles. The maximum absolute atomic E-state index is 12.5. The maximum Gasteiger partial charge on any atom is 0.276 e. The van der Waals surface area contributed by atoms with Crippen molar-refractivity contribution in [1.82, 2.24) is 29.3 Å². The number of aromatic nitrogens is 6. The molecule has 3 heterocycles. The number of rotatable bonds is 8. The van der Waals surface area contributed by atoms with Gasteiger partial charge in [0.15, 0.2) is 18.2 Å². The number of nitrogens with zero attached hydrogens (tertiary/aromatic N) is 6. The average Bonchev–Trinajstić information content (AvgIpc) is 3.49. The molecule has 0 saturated heterocycles. The van der Waals surface area contributed by atoms with E-state index >= 15 is 0 Å². The highest BCUT2D eigenvalue weighted by Crippen LogP contribution is 2.32. The summed E-state index contributed by atoms with van der Waals surface area (Å²) >= 11 is 12.2. The quantitative estimate of drug-likeness (QED) is 0.430. The summed E-state index contributed by atoms with van der Waals surface area (Å²) in [6, 6.07) is 6.69. The molecule has 0 aliphatic rings. The van der Waals surface area contributed by atoms with Crippen LogP contribution in [0.2, 0.25) is 10.0 Å². The number of hydrogen-bond donors (Lipinski definition) is 1. The second-order valence-corrected chi connectivity index (χ2v) is 7.46. The van der Waals surface area contributed by atoms with Crippen LogP contribution >= 0.6 is 23.2 Å². The Hall–Kier alpha value is -3.30. The third-order valence-corrected chi connectivity index (χ3v) is 4.98. The van der Waals surface area contributed by atoms with E-state index in [4.69, 9.17) is 27.9 Å². The standard InChI is InChI=1S/C20H19Cl2N7O2/c1-2-27-10-14(8-23-27)11-29-12-15(9-24-29)25-20(30)18-6-7-28(26-18)13-31-19-16(21)4-3-5-17(19)22/h3-10,12H,2,11,13H2,1H3,(H,25,30). The number of para-hydroxylation sites is 1. The largest absolute Gasteiger partial charge is 0.468 e. The van der Waals surface area contributed by atoms with E-state index in [0.29, 0.717) is 28.0 Å². The van der Waals surface area contributed by atoms with Crippen molar-refractivity contribution in [2.45, 2.75) is 26.7 Å². The minimum Gasteiger partial charge on any atom is -0.468 e. The molecule has 31 heavy (non-hydrogen) atoms. The highest BCUT2D eigenvalue weighted by Gasteiger charge is 2.13. The normalized spacial score (nSPS) is 10.9. The molecule has 0 aliphatic carbocycles. The van der Waals surface area contributed by atoms with Gasteiger partial charge in [0.1, 0.15) is 0 Å². The number of benzene rings is 1. The summed E-state index contributed by atoms with van der Waals surface area (Å²) in [6.07, 6.45) is 8.73. The number of carbonyl (C=O) groups is 1. The zero-order valence-electron chi connectivity index (χ0n) is 16.6. The van der Waals surface area contributed by atoms with Crippen molar-refractivity contribution in [3.8, 4) is 5.75 Å². The molecular weight excluding hydrogens is 441 g/mol. The Bertz CT molecular complexity index is 1180. The fourth-order valence-corrected chi connectivity index (χ4v) is 3.37. The molecule has 4 aromatic rings. The molecule has 0 spiro atoms. The first-order chi connectivity index (χ1) is 15.0. The summed E-state index contributed by atoms with van der Waals surface area (Å²) in [7, 11) is 0. The van der Waals surface area contributed by atoms with Gasteiger partial charge >= 0.3 is 0 Å². The molecule has 0 unspecified atom stereocenters. The molecule has 160 valence electrons. The van der Waals surface area contributed by atoms with Crippen molar-refractivity contribution >= 4 is 34.8 Å². The molecule has 1 N–H and O–H groups in total. The van der Waals surface area contributed by atoms with Gasteiger partial charge in [-0.2, -0.15) is 15.3 Å². The number of hydrogen-bond acceptors (Lipinski definition) is 5. The van der Waals surface area contributed by atoms with Crippen molar-refractivity contribution in [2.24, 2.45) is 0 Å². The summed E-state index contributed by atoms with van der Waals surface area (Å²) in [6.45, 7) is 3.45. The third kappa shape index (κ3) is 5.07. The Kier molecular flexibility index (Phi) is 6.24. The minimum absolute atomic E-state index is 0.0557. The average molecular weight is 460 g/mol. The van der Waals surface area contributed by atoms with E-state index in [2.05, 4.69) is 20.6 Å². The van der Waals surface area contributed by atoms with Gasteiger partial charge in [-0.1, -0.05) is 29.3 Å². The van der Waals surface area contributed by atoms with Crippen LogP contribution in [0.5, 0.6) is 5.75 Å². The van der Waals surface area contributed by atoms with Crippen molar-refractivity contribution < 1.29 is 9.53 Å². The second-order valence-electron chi connectivity index (χ2n) is 6.65. The molecule has 1 amide bonds. The topological polar surface area (TPSA) is 91.8 Å². The van der Waals surface area contributed by atoms with E-state index in [-0.39, 0.29) is 18.3 Å². The van der Waals surface area contributed by atoms with E-state index in [1.807, 2.05) is 17.8 Å². The lowest BCUT2D eigenvalue weighted by molar-refractivity contribution is 0.102. The van der Waals surface area contributed by atoms with Crippen LogP contribution in [-0.2, 0) is 19.8 Å². The number of halogens is 2. The first-order valence-electron chi connectivity index (χ1n) is 9.47. The van der Waals surface area contributed by atoms with Crippen molar-refractivity contribution in [2.75, 3.05) is 5.32 Å². The van der Waals surface area contributed by atoms with Crippen molar-refractivity contribution in [1.29, 1.82) is 0 Å². The Morgan fingerprint density at radius 1 is 1.06 bits per heavy atom. The van der Waals surface area contributed by atoms with Gasteiger partial charge in [0.2, 0.25) is 0 Å². The summed E-state index contributed by atoms with van der Waals surface area (Å²) in [5.41, 5.74) is 1.84. The van der Waals surface area contributed by atoms with Gasteiger partial charge in [0, 0.05) is 30.7 Å². The Morgan fingerprint density at radius 2 is 1.84 bits per heavy atom. The number of nitrogens with one attached hydrogen (secondary N) is 1. The van der Waals surface area contributed by atoms with Gasteiger partial charge in [-0.15, -0.1) is 0 Å². The lowest BCUT2D eigenvalue weighted by Gasteiger charge is -2.09. The molecule has 0 aliphatic heterocycles. The summed E-state index contributed by atoms with van der Waals surface area (Å²) in [5, 5.41) is 16.3. The van der Waals surface area contributed by atoms with Crippen LogP contribution in [0.4, 0.5) is 5.69 Å². The summed E-state index contributed by atoms with van der Waals surface area (Å²) < 4.78 is 10.7. The zero-order chi connectivity index (χ0) is 21.8. The molecule has 0 atom stereocenters. The summed E-state index contributed by atoms with van der Waals surface area (Å²) in [5.74, 6) is 0.0112. The molecule has 0 radical (unpaired) electrons. The van der Waals surface area contributed by atoms with Crippen LogP contribution in [-0.4, -0.2) is 35.2 Å². The van der Waals surface area contributed by atoms with Gasteiger partial charge in [0.05, 0.1) is 34.7 Å². The first kappa shape index (κ1) is 21.0. The molecule has 1 aromatic carbocycles. The third-order valence-electron chi connectivity index (χ3n) is 4.38. The van der Waals surface area contributed by atoms with Crippen LogP contribution in [0, 0.1) is 0 Å². The molecular formula is C20H19Cl2N7O2. The summed E-state index contributed by atoms with van der Waals surface area (Å²) in [4.78, 5) is 12.5. The molecule has 0 bridgehead atoms. The minimum atomic E-state index is -0.354. The molecule has 11 heteroatoms. The second kappa shape index (κ2) is 9.23. The van der Waals surface area contributed by atoms with Crippen LogP contribution in [0.25, 0.3) is 0 Å². The van der Waals surface area contributed by atoms with Gasteiger partial charge in [-0.25, -0.2) is 4.68 Å². The number of amides is 1. The monoisotopic (exact) mass is 459 g/mol. The molecule has 3 aromatic heterocycles.